The highest BCUT2D eigenvalue weighted by Gasteiger charge is 2.32. The second-order valence-electron chi connectivity index (χ2n) is 8.84. The number of anilines is 1. The Labute approximate surface area is 219 Å². The van der Waals surface area contributed by atoms with E-state index >= 15 is 0 Å². The fourth-order valence-electron chi connectivity index (χ4n) is 3.79. The van der Waals surface area contributed by atoms with Crippen LogP contribution in [0.2, 0.25) is 5.02 Å². The van der Waals surface area contributed by atoms with Gasteiger partial charge in [-0.1, -0.05) is 55.3 Å². The van der Waals surface area contributed by atoms with Gasteiger partial charge in [0.25, 0.3) is 0 Å². The van der Waals surface area contributed by atoms with Crippen molar-refractivity contribution in [1.29, 1.82) is 0 Å². The highest BCUT2D eigenvalue weighted by Crippen LogP contribution is 2.30. The Hall–Kier alpha value is -2.78. The summed E-state index contributed by atoms with van der Waals surface area (Å²) in [4.78, 5) is 28.3. The van der Waals surface area contributed by atoms with Gasteiger partial charge in [-0.25, -0.2) is 8.42 Å². The number of sulfonamides is 1. The van der Waals surface area contributed by atoms with Gasteiger partial charge in [-0.3, -0.25) is 13.9 Å². The van der Waals surface area contributed by atoms with Crippen molar-refractivity contribution in [2.45, 2.75) is 59.2 Å². The molecule has 2 amide bonds. The van der Waals surface area contributed by atoms with Crippen LogP contribution in [0.25, 0.3) is 0 Å². The molecule has 2 aromatic carbocycles. The van der Waals surface area contributed by atoms with Crippen molar-refractivity contribution in [1.82, 2.24) is 10.2 Å². The number of ether oxygens (including phenoxy) is 1. The lowest BCUT2D eigenvalue weighted by atomic mass is 10.1. The molecular weight excluding hydrogens is 502 g/mol. The summed E-state index contributed by atoms with van der Waals surface area (Å²) < 4.78 is 31.6. The molecule has 2 rings (SSSR count). The maximum Gasteiger partial charge on any atom is 0.244 e. The van der Waals surface area contributed by atoms with E-state index in [4.69, 9.17) is 16.3 Å². The van der Waals surface area contributed by atoms with E-state index in [1.165, 1.54) is 24.1 Å². The first-order valence-corrected chi connectivity index (χ1v) is 14.1. The molecule has 0 unspecified atom stereocenters. The monoisotopic (exact) mass is 537 g/mol. The van der Waals surface area contributed by atoms with E-state index in [0.717, 1.165) is 28.1 Å². The van der Waals surface area contributed by atoms with Crippen molar-refractivity contribution in [2.24, 2.45) is 0 Å². The van der Waals surface area contributed by atoms with Crippen LogP contribution in [0, 0.1) is 6.92 Å². The average Bonchev–Trinajstić information content (AvgIpc) is 2.81. The Morgan fingerprint density at radius 3 is 2.33 bits per heavy atom. The summed E-state index contributed by atoms with van der Waals surface area (Å²) in [6.45, 7) is 7.31. The van der Waals surface area contributed by atoms with Crippen LogP contribution in [0.4, 0.5) is 5.69 Å². The highest BCUT2D eigenvalue weighted by molar-refractivity contribution is 7.92. The lowest BCUT2D eigenvalue weighted by Crippen LogP contribution is -2.53. The number of nitrogens with one attached hydrogen (secondary N) is 1. The highest BCUT2D eigenvalue weighted by atomic mass is 35.5. The van der Waals surface area contributed by atoms with Gasteiger partial charge in [0.2, 0.25) is 21.8 Å². The Kier molecular flexibility index (Phi) is 10.6. The van der Waals surface area contributed by atoms with E-state index < -0.39 is 28.5 Å². The molecule has 0 aromatic heterocycles. The maximum atomic E-state index is 13.7. The predicted molar refractivity (Wildman–Crippen MR) is 144 cm³/mol. The second kappa shape index (κ2) is 13.0. The molecule has 2 aromatic rings. The minimum absolute atomic E-state index is 0.0589. The van der Waals surface area contributed by atoms with Gasteiger partial charge in [0, 0.05) is 12.6 Å². The number of rotatable bonds is 12. The first kappa shape index (κ1) is 29.5. The number of carbonyl (C=O) groups is 2. The lowest BCUT2D eigenvalue weighted by Gasteiger charge is -2.33. The Bertz CT molecular complexity index is 1170. The summed E-state index contributed by atoms with van der Waals surface area (Å²) in [6, 6.07) is 11.3. The molecule has 0 fully saturated rings. The van der Waals surface area contributed by atoms with E-state index in [-0.39, 0.29) is 29.2 Å². The van der Waals surface area contributed by atoms with E-state index in [1.54, 1.807) is 6.07 Å². The smallest absolute Gasteiger partial charge is 0.244 e. The van der Waals surface area contributed by atoms with Gasteiger partial charge in [0.05, 0.1) is 24.1 Å². The minimum atomic E-state index is -3.85. The molecule has 10 heteroatoms. The Balaban J connectivity index is 2.47. The number of halogens is 1. The van der Waals surface area contributed by atoms with Gasteiger partial charge in [0.1, 0.15) is 18.3 Å². The SMILES string of the molecule is CC[C@@H](C)NC(=O)[C@@H](CC)N(Cc1cccc(C)c1)C(=O)CN(c1ccc(OC)c(Cl)c1)S(C)(=O)=O. The Morgan fingerprint density at radius 1 is 1.11 bits per heavy atom. The number of nitrogens with zero attached hydrogens (tertiary/aromatic N) is 2. The standard InChI is InChI=1S/C26H36ClN3O5S/c1-7-19(4)28-26(32)23(8-2)29(16-20-11-9-10-18(3)14-20)25(31)17-30(36(6,33)34)21-12-13-24(35-5)22(27)15-21/h9-15,19,23H,7-8,16-17H2,1-6H3,(H,28,32)/t19-,23-/m1/s1. The molecule has 8 nitrogen and oxygen atoms in total. The van der Waals surface area contributed by atoms with Gasteiger partial charge >= 0.3 is 0 Å². The molecule has 0 aliphatic rings. The fraction of sp³-hybridized carbons (Fsp3) is 0.462. The number of carbonyl (C=O) groups excluding carboxylic acids is 2. The summed E-state index contributed by atoms with van der Waals surface area (Å²) in [5.41, 5.74) is 2.09. The molecule has 0 aliphatic heterocycles. The predicted octanol–water partition coefficient (Wildman–Crippen LogP) is 4.15. The van der Waals surface area contributed by atoms with Crippen molar-refractivity contribution < 1.29 is 22.7 Å². The van der Waals surface area contributed by atoms with Crippen molar-refractivity contribution in [2.75, 3.05) is 24.2 Å². The van der Waals surface area contributed by atoms with E-state index in [2.05, 4.69) is 5.32 Å². The maximum absolute atomic E-state index is 13.7. The summed E-state index contributed by atoms with van der Waals surface area (Å²) >= 11 is 6.23. The van der Waals surface area contributed by atoms with Crippen LogP contribution < -0.4 is 14.4 Å². The topological polar surface area (TPSA) is 96.0 Å². The number of aryl methyl sites for hydroxylation is 1. The molecule has 1 N–H and O–H groups in total. The van der Waals surface area contributed by atoms with Crippen LogP contribution in [-0.2, 0) is 26.2 Å². The molecular formula is C26H36ClN3O5S. The number of benzene rings is 2. The molecule has 0 radical (unpaired) electrons. The number of amides is 2. The van der Waals surface area contributed by atoms with Gasteiger partial charge in [-0.15, -0.1) is 0 Å². The van der Waals surface area contributed by atoms with Crippen LogP contribution in [0.3, 0.4) is 0 Å². The summed E-state index contributed by atoms with van der Waals surface area (Å²) in [6.07, 6.45) is 2.14. The largest absolute Gasteiger partial charge is 0.495 e. The van der Waals surface area contributed by atoms with E-state index in [0.29, 0.717) is 12.2 Å². The molecule has 36 heavy (non-hydrogen) atoms. The third kappa shape index (κ3) is 7.86. The Morgan fingerprint density at radius 2 is 1.81 bits per heavy atom. The van der Waals surface area contributed by atoms with Crippen molar-refractivity contribution in [3.05, 3.63) is 58.6 Å². The van der Waals surface area contributed by atoms with Gasteiger partial charge in [-0.2, -0.15) is 0 Å². The third-order valence-electron chi connectivity index (χ3n) is 5.92. The lowest BCUT2D eigenvalue weighted by molar-refractivity contribution is -0.140. The molecule has 0 saturated heterocycles. The van der Waals surface area contributed by atoms with Crippen molar-refractivity contribution >= 4 is 39.1 Å². The molecule has 0 saturated carbocycles. The normalized spacial score (nSPS) is 13.0. The third-order valence-corrected chi connectivity index (χ3v) is 7.36. The molecule has 198 valence electrons. The van der Waals surface area contributed by atoms with Crippen molar-refractivity contribution in [3.63, 3.8) is 0 Å². The number of hydrogen-bond donors (Lipinski definition) is 1. The molecule has 0 aliphatic carbocycles. The molecule has 0 heterocycles. The van der Waals surface area contributed by atoms with Gasteiger partial charge in [0.15, 0.2) is 0 Å². The average molecular weight is 538 g/mol. The number of methoxy groups -OCH3 is 1. The number of hydrogen-bond acceptors (Lipinski definition) is 5. The van der Waals surface area contributed by atoms with Crippen LogP contribution in [-0.4, -0.2) is 57.1 Å². The zero-order valence-corrected chi connectivity index (χ0v) is 23.3. The minimum Gasteiger partial charge on any atom is -0.495 e. The first-order valence-electron chi connectivity index (χ1n) is 11.9. The first-order chi connectivity index (χ1) is 16.9. The summed E-state index contributed by atoms with van der Waals surface area (Å²) in [5.74, 6) is -0.389. The molecule has 0 bridgehead atoms. The zero-order valence-electron chi connectivity index (χ0n) is 21.7. The van der Waals surface area contributed by atoms with Gasteiger partial charge < -0.3 is 15.0 Å². The molecule has 2 atom stereocenters. The second-order valence-corrected chi connectivity index (χ2v) is 11.2. The summed E-state index contributed by atoms with van der Waals surface area (Å²) in [7, 11) is -2.40. The van der Waals surface area contributed by atoms with Crippen LogP contribution >= 0.6 is 11.6 Å². The van der Waals surface area contributed by atoms with Crippen molar-refractivity contribution in [3.8, 4) is 5.75 Å². The molecule has 0 spiro atoms. The van der Waals surface area contributed by atoms with E-state index in [9.17, 15) is 18.0 Å². The van der Waals surface area contributed by atoms with Crippen LogP contribution in [0.15, 0.2) is 42.5 Å². The quantitative estimate of drug-likeness (QED) is 0.439. The van der Waals surface area contributed by atoms with Crippen LogP contribution in [0.5, 0.6) is 5.75 Å². The zero-order chi connectivity index (χ0) is 27.0. The van der Waals surface area contributed by atoms with Gasteiger partial charge in [-0.05, 0) is 50.5 Å². The van der Waals surface area contributed by atoms with E-state index in [1.807, 2.05) is 52.0 Å². The summed E-state index contributed by atoms with van der Waals surface area (Å²) in [5, 5.41) is 3.17. The fourth-order valence-corrected chi connectivity index (χ4v) is 4.89. The van der Waals surface area contributed by atoms with Crippen LogP contribution in [0.1, 0.15) is 44.7 Å².